The second kappa shape index (κ2) is 8.00. The van der Waals surface area contributed by atoms with Gasteiger partial charge in [-0.05, 0) is 0 Å². The molecule has 0 amide bonds. The van der Waals surface area contributed by atoms with Crippen LogP contribution in [0.25, 0.3) is 0 Å². The third kappa shape index (κ3) is 7.73. The predicted octanol–water partition coefficient (Wildman–Crippen LogP) is 0.857. The summed E-state index contributed by atoms with van der Waals surface area (Å²) in [6.45, 7) is 3.05. The van der Waals surface area contributed by atoms with E-state index in [1.54, 1.807) is 0 Å². The number of rotatable bonds is 2. The first-order valence-electron chi connectivity index (χ1n) is 3.55. The molecule has 5 nitrogen and oxygen atoms in total. The standard InChI is InChI=1S/C7H10O5.Mg.2H/c1-3-5(8)11-7(10)12-6(9)4-2;;;/h3-4H2,1-2H3;;;/q;+2;2*-1. The van der Waals surface area contributed by atoms with E-state index >= 15 is 0 Å². The summed E-state index contributed by atoms with van der Waals surface area (Å²) < 4.78 is 8.10. The second-order valence-electron chi connectivity index (χ2n) is 1.91. The molecule has 0 heterocycles. The minimum atomic E-state index is -1.26. The fourth-order valence-electron chi connectivity index (χ4n) is 0.351. The van der Waals surface area contributed by atoms with Gasteiger partial charge in [-0.15, -0.1) is 0 Å². The topological polar surface area (TPSA) is 69.7 Å². The van der Waals surface area contributed by atoms with E-state index in [0.29, 0.717) is 0 Å². The predicted molar refractivity (Wildman–Crippen MR) is 46.1 cm³/mol. The molecule has 0 aliphatic carbocycles. The summed E-state index contributed by atoms with van der Waals surface area (Å²) in [6, 6.07) is 0. The van der Waals surface area contributed by atoms with Gasteiger partial charge in [-0.25, -0.2) is 4.79 Å². The first-order valence-corrected chi connectivity index (χ1v) is 3.55. The van der Waals surface area contributed by atoms with E-state index in [9.17, 15) is 14.4 Å². The maximum atomic E-state index is 10.5. The van der Waals surface area contributed by atoms with Crippen molar-refractivity contribution in [2.75, 3.05) is 0 Å². The van der Waals surface area contributed by atoms with E-state index in [-0.39, 0.29) is 38.7 Å². The Morgan fingerprint density at radius 2 is 1.31 bits per heavy atom. The normalized spacial score (nSPS) is 8.15. The number of ether oxygens (including phenoxy) is 2. The second-order valence-corrected chi connectivity index (χ2v) is 1.91. The molecule has 0 unspecified atom stereocenters. The average molecular weight is 200 g/mol. The summed E-state index contributed by atoms with van der Waals surface area (Å²) in [5.41, 5.74) is 0. The fourth-order valence-corrected chi connectivity index (χ4v) is 0.351. The van der Waals surface area contributed by atoms with Gasteiger partial charge in [-0.1, -0.05) is 13.8 Å². The molecule has 0 aromatic carbocycles. The third-order valence-electron chi connectivity index (χ3n) is 0.972. The van der Waals surface area contributed by atoms with Crippen LogP contribution in [-0.4, -0.2) is 41.1 Å². The third-order valence-corrected chi connectivity index (χ3v) is 0.972. The maximum absolute atomic E-state index is 10.5. The van der Waals surface area contributed by atoms with Crippen molar-refractivity contribution in [3.05, 3.63) is 0 Å². The van der Waals surface area contributed by atoms with Crippen LogP contribution in [0.2, 0.25) is 0 Å². The van der Waals surface area contributed by atoms with Crippen molar-refractivity contribution in [3.63, 3.8) is 0 Å². The quantitative estimate of drug-likeness (QED) is 0.376. The Bertz CT molecular complexity index is 190. The molecule has 0 N–H and O–H groups in total. The Morgan fingerprint density at radius 3 is 1.54 bits per heavy atom. The molecule has 0 atom stereocenters. The van der Waals surface area contributed by atoms with Crippen molar-refractivity contribution in [1.82, 2.24) is 0 Å². The summed E-state index contributed by atoms with van der Waals surface area (Å²) in [4.78, 5) is 31.4. The molecule has 0 aliphatic rings. The molecule has 0 rings (SSSR count). The van der Waals surface area contributed by atoms with Crippen LogP contribution in [0, 0.1) is 0 Å². The fraction of sp³-hybridized carbons (Fsp3) is 0.571. The Labute approximate surface area is 94.9 Å². The van der Waals surface area contributed by atoms with Crippen molar-refractivity contribution in [2.45, 2.75) is 26.7 Å². The van der Waals surface area contributed by atoms with Gasteiger partial charge in [0.05, 0.1) is 0 Å². The van der Waals surface area contributed by atoms with E-state index in [1.807, 2.05) is 0 Å². The van der Waals surface area contributed by atoms with Gasteiger partial charge in [-0.3, -0.25) is 9.59 Å². The molecule has 0 saturated heterocycles. The number of hydrogen-bond donors (Lipinski definition) is 0. The van der Waals surface area contributed by atoms with Crippen molar-refractivity contribution in [3.8, 4) is 0 Å². The van der Waals surface area contributed by atoms with Gasteiger partial charge in [0.2, 0.25) is 0 Å². The smallest absolute Gasteiger partial charge is 1.00 e. The van der Waals surface area contributed by atoms with Gasteiger partial charge in [0.25, 0.3) is 0 Å². The van der Waals surface area contributed by atoms with E-state index in [4.69, 9.17) is 0 Å². The zero-order valence-electron chi connectivity index (χ0n) is 9.66. The van der Waals surface area contributed by atoms with Gasteiger partial charge in [0.1, 0.15) is 0 Å². The molecule has 0 fully saturated rings. The average Bonchev–Trinajstić information content (AvgIpc) is 2.03. The van der Waals surface area contributed by atoms with Gasteiger partial charge in [0, 0.05) is 12.8 Å². The summed E-state index contributed by atoms with van der Waals surface area (Å²) in [5, 5.41) is 0. The molecular formula is C7H12MgO5. The number of hydrogen-bond acceptors (Lipinski definition) is 5. The van der Waals surface area contributed by atoms with Gasteiger partial charge >= 0.3 is 41.1 Å². The van der Waals surface area contributed by atoms with Gasteiger partial charge in [0.15, 0.2) is 0 Å². The van der Waals surface area contributed by atoms with Crippen LogP contribution in [-0.2, 0) is 19.1 Å². The summed E-state index contributed by atoms with van der Waals surface area (Å²) in [5.74, 6) is -1.44. The summed E-state index contributed by atoms with van der Waals surface area (Å²) >= 11 is 0. The zero-order chi connectivity index (χ0) is 9.56. The molecule has 0 bridgehead atoms. The van der Waals surface area contributed by atoms with Crippen molar-refractivity contribution < 1.29 is 26.7 Å². The van der Waals surface area contributed by atoms with Crippen LogP contribution >= 0.6 is 0 Å². The van der Waals surface area contributed by atoms with Crippen LogP contribution < -0.4 is 0 Å². The monoisotopic (exact) mass is 200 g/mol. The van der Waals surface area contributed by atoms with E-state index in [1.165, 1.54) is 13.8 Å². The molecule has 0 aromatic heterocycles. The largest absolute Gasteiger partial charge is 2.00 e. The van der Waals surface area contributed by atoms with Crippen LogP contribution in [0.1, 0.15) is 29.5 Å². The van der Waals surface area contributed by atoms with E-state index in [2.05, 4.69) is 9.47 Å². The molecular weight excluding hydrogens is 188 g/mol. The minimum Gasteiger partial charge on any atom is -1.00 e. The first kappa shape index (κ1) is 14.9. The van der Waals surface area contributed by atoms with Crippen LogP contribution in [0.5, 0.6) is 0 Å². The van der Waals surface area contributed by atoms with E-state index in [0.717, 1.165) is 0 Å². The Hall–Kier alpha value is -0.624. The van der Waals surface area contributed by atoms with E-state index < -0.39 is 18.1 Å². The van der Waals surface area contributed by atoms with Crippen LogP contribution in [0.4, 0.5) is 4.79 Å². The van der Waals surface area contributed by atoms with Crippen molar-refractivity contribution in [1.29, 1.82) is 0 Å². The molecule has 0 aromatic rings. The molecule has 0 saturated carbocycles. The maximum Gasteiger partial charge on any atom is 2.00 e. The van der Waals surface area contributed by atoms with Crippen molar-refractivity contribution >= 4 is 41.1 Å². The minimum absolute atomic E-state index is 0. The molecule has 72 valence electrons. The molecule has 0 aliphatic heterocycles. The SMILES string of the molecule is CCC(=O)OC(=O)OC(=O)CC.[H-].[H-].[Mg+2]. The van der Waals surface area contributed by atoms with Gasteiger partial charge in [-0.2, -0.15) is 0 Å². The zero-order valence-corrected chi connectivity index (χ0v) is 9.08. The molecule has 13 heavy (non-hydrogen) atoms. The number of carbonyl (C=O) groups is 3. The number of carbonyl (C=O) groups excluding carboxylic acids is 3. The number of esters is 2. The van der Waals surface area contributed by atoms with Crippen LogP contribution in [0.15, 0.2) is 0 Å². The van der Waals surface area contributed by atoms with Crippen LogP contribution in [0.3, 0.4) is 0 Å². The van der Waals surface area contributed by atoms with Crippen molar-refractivity contribution in [2.24, 2.45) is 0 Å². The Kier molecular flexibility index (Phi) is 9.15. The Balaban J connectivity index is -0.000000202. The molecule has 0 spiro atoms. The summed E-state index contributed by atoms with van der Waals surface area (Å²) in [6.07, 6.45) is -1.13. The Morgan fingerprint density at radius 1 is 1.00 bits per heavy atom. The summed E-state index contributed by atoms with van der Waals surface area (Å²) in [7, 11) is 0. The van der Waals surface area contributed by atoms with Gasteiger partial charge < -0.3 is 12.3 Å². The molecule has 0 radical (unpaired) electrons. The molecule has 6 heteroatoms. The first-order chi connectivity index (χ1) is 5.60.